The standard InChI is InChI=1S/C32H35FN4O4/c33-28-12-3-2-11-27(28)32(40)37-21-25-8-1-4-13-29(25)41-17-7-9-24-20-36(31(39)22-37)16-14-23(24)18-30(38)35-19-26-10-5-6-15-34-26/h1-6,8,10-13,15,23-24H,7,9,14,16-22H2,(H,35,38)/t23-,24-/m0/s1. The molecule has 9 heteroatoms. The first-order valence-electron chi connectivity index (χ1n) is 14.2. The number of aromatic nitrogens is 1. The lowest BCUT2D eigenvalue weighted by atomic mass is 9.80. The number of benzene rings is 2. The van der Waals surface area contributed by atoms with Crippen LogP contribution in [0.15, 0.2) is 72.9 Å². The van der Waals surface area contributed by atoms with Gasteiger partial charge in [-0.3, -0.25) is 19.4 Å². The maximum atomic E-state index is 14.6. The van der Waals surface area contributed by atoms with Crippen molar-refractivity contribution in [2.24, 2.45) is 11.8 Å². The number of pyridine rings is 1. The summed E-state index contributed by atoms with van der Waals surface area (Å²) in [6, 6.07) is 18.8. The summed E-state index contributed by atoms with van der Waals surface area (Å²) in [5, 5.41) is 2.97. The van der Waals surface area contributed by atoms with Crippen molar-refractivity contribution in [1.29, 1.82) is 0 Å². The zero-order valence-corrected chi connectivity index (χ0v) is 23.0. The summed E-state index contributed by atoms with van der Waals surface area (Å²) in [5.74, 6) is -0.512. The van der Waals surface area contributed by atoms with Crippen molar-refractivity contribution >= 4 is 17.7 Å². The average Bonchev–Trinajstić information content (AvgIpc) is 3.00. The Balaban J connectivity index is 1.32. The predicted octanol–water partition coefficient (Wildman–Crippen LogP) is 4.21. The summed E-state index contributed by atoms with van der Waals surface area (Å²) >= 11 is 0. The minimum Gasteiger partial charge on any atom is -0.493 e. The molecular formula is C32H35FN4O4. The Labute approximate surface area is 239 Å². The van der Waals surface area contributed by atoms with Crippen LogP contribution in [0.25, 0.3) is 0 Å². The molecule has 1 N–H and O–H groups in total. The highest BCUT2D eigenvalue weighted by Crippen LogP contribution is 2.31. The van der Waals surface area contributed by atoms with Crippen molar-refractivity contribution in [2.45, 2.75) is 38.8 Å². The molecule has 41 heavy (non-hydrogen) atoms. The van der Waals surface area contributed by atoms with E-state index < -0.39 is 11.7 Å². The second-order valence-corrected chi connectivity index (χ2v) is 10.7. The van der Waals surface area contributed by atoms with Crippen LogP contribution in [0.4, 0.5) is 4.39 Å². The topological polar surface area (TPSA) is 91.8 Å². The zero-order valence-electron chi connectivity index (χ0n) is 23.0. The predicted molar refractivity (Wildman–Crippen MR) is 151 cm³/mol. The number of carbonyl (C=O) groups excluding carboxylic acids is 3. The van der Waals surface area contributed by atoms with Gasteiger partial charge in [-0.25, -0.2) is 4.39 Å². The van der Waals surface area contributed by atoms with E-state index in [2.05, 4.69) is 10.3 Å². The van der Waals surface area contributed by atoms with Crippen molar-refractivity contribution in [3.05, 3.63) is 95.6 Å². The largest absolute Gasteiger partial charge is 0.493 e. The third-order valence-electron chi connectivity index (χ3n) is 7.91. The van der Waals surface area contributed by atoms with Gasteiger partial charge >= 0.3 is 0 Å². The minimum absolute atomic E-state index is 0.0322. The van der Waals surface area contributed by atoms with Crippen LogP contribution >= 0.6 is 0 Å². The molecule has 0 unspecified atom stereocenters. The average molecular weight is 559 g/mol. The quantitative estimate of drug-likeness (QED) is 0.507. The number of hydrogen-bond acceptors (Lipinski definition) is 5. The Bertz CT molecular complexity index is 1370. The molecule has 5 rings (SSSR count). The van der Waals surface area contributed by atoms with E-state index in [9.17, 15) is 18.8 Å². The van der Waals surface area contributed by atoms with Gasteiger partial charge in [0.05, 0.1) is 31.0 Å². The second-order valence-electron chi connectivity index (χ2n) is 10.7. The number of carbonyl (C=O) groups is 3. The maximum Gasteiger partial charge on any atom is 0.257 e. The van der Waals surface area contributed by atoms with E-state index >= 15 is 0 Å². The van der Waals surface area contributed by atoms with Crippen molar-refractivity contribution in [1.82, 2.24) is 20.1 Å². The van der Waals surface area contributed by atoms with Gasteiger partial charge in [0.25, 0.3) is 5.91 Å². The summed E-state index contributed by atoms with van der Waals surface area (Å²) < 4.78 is 20.7. The lowest BCUT2D eigenvalue weighted by Crippen LogP contribution is -2.49. The molecule has 2 aromatic carbocycles. The summed E-state index contributed by atoms with van der Waals surface area (Å²) in [7, 11) is 0. The van der Waals surface area contributed by atoms with Gasteiger partial charge in [-0.1, -0.05) is 36.4 Å². The number of rotatable bonds is 5. The maximum absolute atomic E-state index is 14.6. The van der Waals surface area contributed by atoms with E-state index in [0.29, 0.717) is 44.8 Å². The fraction of sp³-hybridized carbons (Fsp3) is 0.375. The molecule has 0 spiro atoms. The van der Waals surface area contributed by atoms with E-state index in [-0.39, 0.29) is 42.3 Å². The number of fused-ring (bicyclic) bond motifs is 3. The smallest absolute Gasteiger partial charge is 0.257 e. The third kappa shape index (κ3) is 7.28. The molecule has 1 saturated heterocycles. The molecule has 2 atom stereocenters. The monoisotopic (exact) mass is 558 g/mol. The number of nitrogens with zero attached hydrogens (tertiary/aromatic N) is 3. The summed E-state index contributed by atoms with van der Waals surface area (Å²) in [6.07, 6.45) is 4.34. The first-order chi connectivity index (χ1) is 20.0. The van der Waals surface area contributed by atoms with Crippen molar-refractivity contribution < 1.29 is 23.5 Å². The van der Waals surface area contributed by atoms with Crippen molar-refractivity contribution in [3.63, 3.8) is 0 Å². The normalized spacial score (nSPS) is 19.6. The SMILES string of the molecule is O=C(C[C@@H]1CCN2C[C@@H]1CCCOc1ccccc1CN(C(=O)c1ccccc1F)CC2=O)NCc1ccccn1. The molecule has 1 aromatic heterocycles. The van der Waals surface area contributed by atoms with E-state index in [1.165, 1.54) is 23.1 Å². The van der Waals surface area contributed by atoms with Crippen LogP contribution in [0.2, 0.25) is 0 Å². The third-order valence-corrected chi connectivity index (χ3v) is 7.91. The number of amides is 3. The van der Waals surface area contributed by atoms with Crippen LogP contribution < -0.4 is 10.1 Å². The van der Waals surface area contributed by atoms with Gasteiger partial charge in [0.15, 0.2) is 0 Å². The Morgan fingerprint density at radius 3 is 2.63 bits per heavy atom. The first-order valence-corrected chi connectivity index (χ1v) is 14.2. The van der Waals surface area contributed by atoms with Gasteiger partial charge in [-0.15, -0.1) is 0 Å². The fourth-order valence-electron chi connectivity index (χ4n) is 5.68. The highest BCUT2D eigenvalue weighted by Gasteiger charge is 2.34. The number of ether oxygens (including phenoxy) is 1. The van der Waals surface area contributed by atoms with E-state index in [1.807, 2.05) is 42.5 Å². The number of piperidine rings is 1. The first kappa shape index (κ1) is 28.3. The van der Waals surface area contributed by atoms with Gasteiger partial charge in [0.1, 0.15) is 18.1 Å². The molecule has 0 saturated carbocycles. The van der Waals surface area contributed by atoms with Crippen LogP contribution in [0, 0.1) is 17.7 Å². The van der Waals surface area contributed by atoms with Crippen LogP contribution in [-0.2, 0) is 22.7 Å². The Hall–Kier alpha value is -4.27. The number of para-hydroxylation sites is 1. The Morgan fingerprint density at radius 1 is 1.00 bits per heavy atom. The van der Waals surface area contributed by atoms with E-state index in [4.69, 9.17) is 4.74 Å². The second kappa shape index (κ2) is 13.4. The van der Waals surface area contributed by atoms with Gasteiger partial charge in [-0.05, 0) is 61.4 Å². The Kier molecular flexibility index (Phi) is 9.23. The molecular weight excluding hydrogens is 523 g/mol. The summed E-state index contributed by atoms with van der Waals surface area (Å²) in [4.78, 5) is 47.4. The van der Waals surface area contributed by atoms with Crippen molar-refractivity contribution in [3.8, 4) is 5.75 Å². The molecule has 3 heterocycles. The number of halogens is 1. The molecule has 3 aromatic rings. The zero-order chi connectivity index (χ0) is 28.6. The molecule has 1 fully saturated rings. The fourth-order valence-corrected chi connectivity index (χ4v) is 5.68. The highest BCUT2D eigenvalue weighted by atomic mass is 19.1. The molecule has 2 bridgehead atoms. The molecule has 2 aliphatic heterocycles. The molecule has 0 aliphatic carbocycles. The molecule has 3 amide bonds. The van der Waals surface area contributed by atoms with Crippen LogP contribution in [0.3, 0.4) is 0 Å². The Morgan fingerprint density at radius 2 is 1.80 bits per heavy atom. The van der Waals surface area contributed by atoms with Crippen LogP contribution in [0.5, 0.6) is 5.75 Å². The summed E-state index contributed by atoms with van der Waals surface area (Å²) in [6.45, 7) is 1.80. The molecule has 0 radical (unpaired) electrons. The molecule has 2 aliphatic rings. The van der Waals surface area contributed by atoms with Gasteiger partial charge in [-0.2, -0.15) is 0 Å². The van der Waals surface area contributed by atoms with E-state index in [1.54, 1.807) is 17.2 Å². The van der Waals surface area contributed by atoms with Gasteiger partial charge in [0.2, 0.25) is 11.8 Å². The van der Waals surface area contributed by atoms with Crippen molar-refractivity contribution in [2.75, 3.05) is 26.2 Å². The molecule has 8 nitrogen and oxygen atoms in total. The lowest BCUT2D eigenvalue weighted by Gasteiger charge is -2.39. The van der Waals surface area contributed by atoms with Crippen LogP contribution in [-0.4, -0.2) is 58.7 Å². The molecule has 214 valence electrons. The number of hydrogen-bond donors (Lipinski definition) is 1. The van der Waals surface area contributed by atoms with Crippen LogP contribution in [0.1, 0.15) is 47.3 Å². The highest BCUT2D eigenvalue weighted by molar-refractivity contribution is 5.96. The van der Waals surface area contributed by atoms with Gasteiger partial charge in [0, 0.05) is 31.3 Å². The lowest BCUT2D eigenvalue weighted by molar-refractivity contribution is -0.135. The summed E-state index contributed by atoms with van der Waals surface area (Å²) in [5.41, 5.74) is 1.48. The number of nitrogens with one attached hydrogen (secondary N) is 1. The van der Waals surface area contributed by atoms with E-state index in [0.717, 1.165) is 24.1 Å². The minimum atomic E-state index is -0.625. The van der Waals surface area contributed by atoms with Gasteiger partial charge < -0.3 is 19.9 Å².